The molecule has 0 unspecified atom stereocenters. The molecule has 0 radical (unpaired) electrons. The van der Waals surface area contributed by atoms with E-state index in [0.29, 0.717) is 12.3 Å². The van der Waals surface area contributed by atoms with Gasteiger partial charge in [-0.3, -0.25) is 9.59 Å². The zero-order chi connectivity index (χ0) is 12.1. The minimum atomic E-state index is -0.500. The lowest BCUT2D eigenvalue weighted by molar-refractivity contribution is -0.154. The first-order valence-electron chi connectivity index (χ1n) is 5.19. The van der Waals surface area contributed by atoms with E-state index in [1.54, 1.807) is 20.8 Å². The zero-order valence-electron chi connectivity index (χ0n) is 10.2. The standard InChI is InChI=1S/C11H21NO3/c1-8(2)6-9(13)12-7-10(14)15-11(3,4)5/h8H,6-7H2,1-5H3,(H,12,13). The molecular weight excluding hydrogens is 194 g/mol. The lowest BCUT2D eigenvalue weighted by Gasteiger charge is -2.19. The van der Waals surface area contributed by atoms with E-state index in [9.17, 15) is 9.59 Å². The molecule has 0 atom stereocenters. The summed E-state index contributed by atoms with van der Waals surface area (Å²) in [6, 6.07) is 0. The van der Waals surface area contributed by atoms with Crippen LogP contribution in [0, 0.1) is 5.92 Å². The summed E-state index contributed by atoms with van der Waals surface area (Å²) in [5.41, 5.74) is -0.500. The second-order valence-corrected chi connectivity index (χ2v) is 4.96. The summed E-state index contributed by atoms with van der Waals surface area (Å²) in [4.78, 5) is 22.4. The summed E-state index contributed by atoms with van der Waals surface area (Å²) in [6.45, 7) is 9.23. The average molecular weight is 215 g/mol. The largest absolute Gasteiger partial charge is 0.459 e. The van der Waals surface area contributed by atoms with Gasteiger partial charge < -0.3 is 10.1 Å². The first-order valence-corrected chi connectivity index (χ1v) is 5.19. The van der Waals surface area contributed by atoms with Gasteiger partial charge in [0.25, 0.3) is 0 Å². The highest BCUT2D eigenvalue weighted by molar-refractivity contribution is 5.82. The molecule has 0 aromatic carbocycles. The highest BCUT2D eigenvalue weighted by atomic mass is 16.6. The monoisotopic (exact) mass is 215 g/mol. The quantitative estimate of drug-likeness (QED) is 0.723. The van der Waals surface area contributed by atoms with Gasteiger partial charge in [0.1, 0.15) is 12.1 Å². The third kappa shape index (κ3) is 9.25. The van der Waals surface area contributed by atoms with Crippen LogP contribution in [0.15, 0.2) is 0 Å². The van der Waals surface area contributed by atoms with Crippen molar-refractivity contribution >= 4 is 11.9 Å². The SMILES string of the molecule is CC(C)CC(=O)NCC(=O)OC(C)(C)C. The second-order valence-electron chi connectivity index (χ2n) is 4.96. The maximum Gasteiger partial charge on any atom is 0.325 e. The van der Waals surface area contributed by atoms with Crippen LogP contribution in [0.3, 0.4) is 0 Å². The molecule has 4 heteroatoms. The van der Waals surface area contributed by atoms with Crippen LogP contribution in [-0.4, -0.2) is 24.0 Å². The molecule has 0 saturated carbocycles. The molecule has 0 aromatic heterocycles. The Morgan fingerprint density at radius 2 is 1.80 bits per heavy atom. The van der Waals surface area contributed by atoms with Crippen molar-refractivity contribution in [3.05, 3.63) is 0 Å². The van der Waals surface area contributed by atoms with Crippen LogP contribution in [0.2, 0.25) is 0 Å². The molecule has 0 saturated heterocycles. The molecule has 0 spiro atoms. The van der Waals surface area contributed by atoms with Crippen molar-refractivity contribution in [2.24, 2.45) is 5.92 Å². The molecule has 0 aliphatic carbocycles. The van der Waals surface area contributed by atoms with Gasteiger partial charge in [0.15, 0.2) is 0 Å². The fourth-order valence-corrected chi connectivity index (χ4v) is 0.991. The predicted octanol–water partition coefficient (Wildman–Crippen LogP) is 1.49. The van der Waals surface area contributed by atoms with Crippen molar-refractivity contribution in [3.63, 3.8) is 0 Å². The Bertz CT molecular complexity index is 228. The Balaban J connectivity index is 3.77. The Labute approximate surface area is 91.4 Å². The normalized spacial score (nSPS) is 11.3. The molecule has 0 rings (SSSR count). The van der Waals surface area contributed by atoms with Crippen LogP contribution in [0.4, 0.5) is 0 Å². The van der Waals surface area contributed by atoms with Gasteiger partial charge in [-0.05, 0) is 26.7 Å². The molecule has 0 aromatic rings. The molecule has 0 fully saturated rings. The van der Waals surface area contributed by atoms with Crippen LogP contribution in [0.25, 0.3) is 0 Å². The van der Waals surface area contributed by atoms with Crippen molar-refractivity contribution in [2.45, 2.75) is 46.6 Å². The van der Waals surface area contributed by atoms with E-state index in [-0.39, 0.29) is 12.5 Å². The molecule has 15 heavy (non-hydrogen) atoms. The Kier molecular flexibility index (Phi) is 5.33. The number of carbonyl (C=O) groups is 2. The molecule has 4 nitrogen and oxygen atoms in total. The molecule has 1 amide bonds. The number of hydrogen-bond acceptors (Lipinski definition) is 3. The maximum absolute atomic E-state index is 11.2. The lowest BCUT2D eigenvalue weighted by atomic mass is 10.1. The van der Waals surface area contributed by atoms with Crippen molar-refractivity contribution in [3.8, 4) is 0 Å². The molecule has 0 aliphatic heterocycles. The van der Waals surface area contributed by atoms with Crippen LogP contribution in [0.5, 0.6) is 0 Å². The van der Waals surface area contributed by atoms with Gasteiger partial charge in [0, 0.05) is 6.42 Å². The van der Waals surface area contributed by atoms with E-state index in [4.69, 9.17) is 4.74 Å². The van der Waals surface area contributed by atoms with Crippen molar-refractivity contribution in [2.75, 3.05) is 6.54 Å². The molecule has 1 N–H and O–H groups in total. The van der Waals surface area contributed by atoms with Crippen LogP contribution in [0.1, 0.15) is 41.0 Å². The van der Waals surface area contributed by atoms with Gasteiger partial charge in [-0.1, -0.05) is 13.8 Å². The van der Waals surface area contributed by atoms with E-state index >= 15 is 0 Å². The smallest absolute Gasteiger partial charge is 0.325 e. The summed E-state index contributed by atoms with van der Waals surface area (Å²) >= 11 is 0. The van der Waals surface area contributed by atoms with Gasteiger partial charge in [0.2, 0.25) is 5.91 Å². The van der Waals surface area contributed by atoms with Crippen LogP contribution >= 0.6 is 0 Å². The summed E-state index contributed by atoms with van der Waals surface area (Å²) in [6.07, 6.45) is 0.433. The highest BCUT2D eigenvalue weighted by Crippen LogP contribution is 2.06. The molecule has 88 valence electrons. The minimum Gasteiger partial charge on any atom is -0.459 e. The Morgan fingerprint density at radius 1 is 1.27 bits per heavy atom. The van der Waals surface area contributed by atoms with E-state index in [1.165, 1.54) is 0 Å². The molecule has 0 bridgehead atoms. The van der Waals surface area contributed by atoms with E-state index in [0.717, 1.165) is 0 Å². The van der Waals surface area contributed by atoms with Crippen molar-refractivity contribution < 1.29 is 14.3 Å². The van der Waals surface area contributed by atoms with Gasteiger partial charge in [-0.25, -0.2) is 0 Å². The van der Waals surface area contributed by atoms with Gasteiger partial charge >= 0.3 is 5.97 Å². The number of rotatable bonds is 4. The van der Waals surface area contributed by atoms with E-state index in [1.807, 2.05) is 13.8 Å². The number of hydrogen-bond donors (Lipinski definition) is 1. The van der Waals surface area contributed by atoms with Crippen molar-refractivity contribution in [1.29, 1.82) is 0 Å². The number of amides is 1. The Morgan fingerprint density at radius 3 is 2.20 bits per heavy atom. The maximum atomic E-state index is 11.2. The fourth-order valence-electron chi connectivity index (χ4n) is 0.991. The first kappa shape index (κ1) is 13.9. The number of nitrogens with one attached hydrogen (secondary N) is 1. The van der Waals surface area contributed by atoms with E-state index < -0.39 is 11.6 Å². The average Bonchev–Trinajstić information content (AvgIpc) is 1.96. The summed E-state index contributed by atoms with van der Waals surface area (Å²) < 4.78 is 5.04. The summed E-state index contributed by atoms with van der Waals surface area (Å²) in [5.74, 6) is -0.223. The van der Waals surface area contributed by atoms with Crippen LogP contribution in [-0.2, 0) is 14.3 Å². The lowest BCUT2D eigenvalue weighted by Crippen LogP contribution is -2.34. The summed E-state index contributed by atoms with van der Waals surface area (Å²) in [7, 11) is 0. The minimum absolute atomic E-state index is 0.0528. The molecule has 0 heterocycles. The number of ether oxygens (including phenoxy) is 1. The second kappa shape index (κ2) is 5.73. The van der Waals surface area contributed by atoms with Gasteiger partial charge in [-0.2, -0.15) is 0 Å². The fraction of sp³-hybridized carbons (Fsp3) is 0.818. The number of esters is 1. The van der Waals surface area contributed by atoms with Gasteiger partial charge in [0.05, 0.1) is 0 Å². The third-order valence-electron chi connectivity index (χ3n) is 1.44. The predicted molar refractivity (Wildman–Crippen MR) is 58.3 cm³/mol. The third-order valence-corrected chi connectivity index (χ3v) is 1.44. The number of carbonyl (C=O) groups excluding carboxylic acids is 2. The van der Waals surface area contributed by atoms with Crippen molar-refractivity contribution in [1.82, 2.24) is 5.32 Å². The Hall–Kier alpha value is -1.06. The molecular formula is C11H21NO3. The highest BCUT2D eigenvalue weighted by Gasteiger charge is 2.16. The van der Waals surface area contributed by atoms with Crippen LogP contribution < -0.4 is 5.32 Å². The topological polar surface area (TPSA) is 55.4 Å². The molecule has 0 aliphatic rings. The van der Waals surface area contributed by atoms with Gasteiger partial charge in [-0.15, -0.1) is 0 Å². The summed E-state index contributed by atoms with van der Waals surface area (Å²) in [5, 5.41) is 2.52. The first-order chi connectivity index (χ1) is 6.70. The zero-order valence-corrected chi connectivity index (χ0v) is 10.2. The van der Waals surface area contributed by atoms with E-state index in [2.05, 4.69) is 5.32 Å².